The van der Waals surface area contributed by atoms with Gasteiger partial charge in [0.1, 0.15) is 18.2 Å². The average Bonchev–Trinajstić information content (AvgIpc) is 3.23. The van der Waals surface area contributed by atoms with Gasteiger partial charge >= 0.3 is 0 Å². The predicted octanol–water partition coefficient (Wildman–Crippen LogP) is 4.65. The molecule has 3 aromatic rings. The van der Waals surface area contributed by atoms with Gasteiger partial charge in [-0.25, -0.2) is 4.39 Å². The maximum atomic E-state index is 13.5. The highest BCUT2D eigenvalue weighted by molar-refractivity contribution is 6.04. The number of aromatic nitrogens is 2. The SMILES string of the molecule is Cc1cc(C(=O)Nc2ccc(OCCN3CCCCC3)c(-c3ccnn3C)c2)ccc1F. The fourth-order valence-electron chi connectivity index (χ4n) is 4.03. The van der Waals surface area contributed by atoms with Crippen LogP contribution in [0.15, 0.2) is 48.7 Å². The summed E-state index contributed by atoms with van der Waals surface area (Å²) in [5.74, 6) is 0.134. The zero-order chi connectivity index (χ0) is 22.5. The van der Waals surface area contributed by atoms with Gasteiger partial charge in [-0.1, -0.05) is 6.42 Å². The van der Waals surface area contributed by atoms with E-state index in [4.69, 9.17) is 4.74 Å². The first kappa shape index (κ1) is 22.0. The molecule has 0 saturated carbocycles. The number of aryl methyl sites for hydroxylation is 2. The summed E-state index contributed by atoms with van der Waals surface area (Å²) in [7, 11) is 1.87. The standard InChI is InChI=1S/C25H29FN4O2/c1-18-16-19(6-8-22(18)26)25(31)28-20-7-9-24(21(17-20)23-10-11-27-29(23)2)32-15-14-30-12-4-3-5-13-30/h6-11,16-17H,3-5,12-15H2,1-2H3,(H,28,31). The van der Waals surface area contributed by atoms with Crippen molar-refractivity contribution < 1.29 is 13.9 Å². The average molecular weight is 437 g/mol. The summed E-state index contributed by atoms with van der Waals surface area (Å²) < 4.78 is 21.5. The summed E-state index contributed by atoms with van der Waals surface area (Å²) >= 11 is 0. The lowest BCUT2D eigenvalue weighted by Gasteiger charge is -2.26. The number of hydrogen-bond donors (Lipinski definition) is 1. The van der Waals surface area contributed by atoms with Crippen LogP contribution < -0.4 is 10.1 Å². The molecule has 0 atom stereocenters. The maximum Gasteiger partial charge on any atom is 0.255 e. The third kappa shape index (κ3) is 5.16. The van der Waals surface area contributed by atoms with E-state index in [0.29, 0.717) is 23.4 Å². The Hall–Kier alpha value is -3.19. The molecule has 0 aliphatic carbocycles. The lowest BCUT2D eigenvalue weighted by Crippen LogP contribution is -2.33. The topological polar surface area (TPSA) is 59.4 Å². The molecule has 168 valence electrons. The second-order valence-corrected chi connectivity index (χ2v) is 8.22. The van der Waals surface area contributed by atoms with Crippen LogP contribution in [-0.2, 0) is 7.05 Å². The minimum Gasteiger partial charge on any atom is -0.492 e. The molecule has 2 heterocycles. The smallest absolute Gasteiger partial charge is 0.255 e. The van der Waals surface area contributed by atoms with Gasteiger partial charge in [-0.15, -0.1) is 0 Å². The number of likely N-dealkylation sites (tertiary alicyclic amines) is 1. The minimum absolute atomic E-state index is 0.289. The predicted molar refractivity (Wildman–Crippen MR) is 124 cm³/mol. The monoisotopic (exact) mass is 436 g/mol. The number of carbonyl (C=O) groups is 1. The van der Waals surface area contributed by atoms with Crippen molar-refractivity contribution in [3.05, 3.63) is 65.6 Å². The first-order valence-electron chi connectivity index (χ1n) is 11.1. The van der Waals surface area contributed by atoms with Crippen LogP contribution in [0.3, 0.4) is 0 Å². The number of ether oxygens (including phenoxy) is 1. The molecule has 6 nitrogen and oxygen atoms in total. The van der Waals surface area contributed by atoms with Gasteiger partial charge in [0.25, 0.3) is 5.91 Å². The van der Waals surface area contributed by atoms with Crippen molar-refractivity contribution in [3.8, 4) is 17.0 Å². The largest absolute Gasteiger partial charge is 0.492 e. The number of rotatable bonds is 7. The van der Waals surface area contributed by atoms with Crippen LogP contribution >= 0.6 is 0 Å². The number of carbonyl (C=O) groups excluding carboxylic acids is 1. The van der Waals surface area contributed by atoms with E-state index in [9.17, 15) is 9.18 Å². The van der Waals surface area contributed by atoms with E-state index in [1.165, 1.54) is 31.4 Å². The van der Waals surface area contributed by atoms with Gasteiger partial charge in [-0.3, -0.25) is 14.4 Å². The second-order valence-electron chi connectivity index (χ2n) is 8.22. The number of hydrogen-bond acceptors (Lipinski definition) is 4. The van der Waals surface area contributed by atoms with Crippen LogP contribution in [0.2, 0.25) is 0 Å². The van der Waals surface area contributed by atoms with E-state index in [1.54, 1.807) is 23.9 Å². The second kappa shape index (κ2) is 9.96. The Morgan fingerprint density at radius 1 is 1.12 bits per heavy atom. The number of anilines is 1. The van der Waals surface area contributed by atoms with Crippen LogP contribution in [0.4, 0.5) is 10.1 Å². The van der Waals surface area contributed by atoms with Crippen LogP contribution in [-0.4, -0.2) is 46.8 Å². The quantitative estimate of drug-likeness (QED) is 0.586. The minimum atomic E-state index is -0.328. The van der Waals surface area contributed by atoms with E-state index in [2.05, 4.69) is 15.3 Å². The van der Waals surface area contributed by atoms with Crippen LogP contribution in [0, 0.1) is 12.7 Å². The zero-order valence-electron chi connectivity index (χ0n) is 18.6. The maximum absolute atomic E-state index is 13.5. The molecule has 0 bridgehead atoms. The van der Waals surface area contributed by atoms with Crippen LogP contribution in [0.5, 0.6) is 5.75 Å². The summed E-state index contributed by atoms with van der Waals surface area (Å²) in [6.45, 7) is 5.40. The highest BCUT2D eigenvalue weighted by Crippen LogP contribution is 2.32. The van der Waals surface area contributed by atoms with E-state index in [0.717, 1.165) is 36.6 Å². The van der Waals surface area contributed by atoms with Crippen molar-refractivity contribution in [3.63, 3.8) is 0 Å². The van der Waals surface area contributed by atoms with Crippen molar-refractivity contribution in [1.29, 1.82) is 0 Å². The number of piperidine rings is 1. The van der Waals surface area contributed by atoms with E-state index < -0.39 is 0 Å². The lowest BCUT2D eigenvalue weighted by atomic mass is 10.1. The third-order valence-corrected chi connectivity index (χ3v) is 5.87. The number of nitrogens with one attached hydrogen (secondary N) is 1. The van der Waals surface area contributed by atoms with Crippen molar-refractivity contribution >= 4 is 11.6 Å². The molecule has 0 spiro atoms. The third-order valence-electron chi connectivity index (χ3n) is 5.87. The molecule has 1 aromatic heterocycles. The Labute approximate surface area is 188 Å². The van der Waals surface area contributed by atoms with Gasteiger partial charge in [-0.2, -0.15) is 5.10 Å². The molecule has 1 saturated heterocycles. The van der Waals surface area contributed by atoms with E-state index in [1.807, 2.05) is 31.3 Å². The normalized spacial score (nSPS) is 14.3. The Bertz CT molecular complexity index is 1090. The van der Waals surface area contributed by atoms with E-state index >= 15 is 0 Å². The van der Waals surface area contributed by atoms with Crippen molar-refractivity contribution in [2.75, 3.05) is 31.6 Å². The highest BCUT2D eigenvalue weighted by Gasteiger charge is 2.15. The fourth-order valence-corrected chi connectivity index (χ4v) is 4.03. The van der Waals surface area contributed by atoms with Gasteiger partial charge < -0.3 is 10.1 Å². The van der Waals surface area contributed by atoms with Gasteiger partial charge in [0.15, 0.2) is 0 Å². The molecule has 2 aromatic carbocycles. The number of nitrogens with zero attached hydrogens (tertiary/aromatic N) is 3. The van der Waals surface area contributed by atoms with Crippen molar-refractivity contribution in [1.82, 2.24) is 14.7 Å². The molecule has 1 N–H and O–H groups in total. The molecular weight excluding hydrogens is 407 g/mol. The van der Waals surface area contributed by atoms with Crippen LogP contribution in [0.1, 0.15) is 35.2 Å². The summed E-state index contributed by atoms with van der Waals surface area (Å²) in [4.78, 5) is 15.1. The molecular formula is C25H29FN4O2. The van der Waals surface area contributed by atoms with Gasteiger partial charge in [0.05, 0.1) is 5.69 Å². The van der Waals surface area contributed by atoms with Crippen LogP contribution in [0.25, 0.3) is 11.3 Å². The van der Waals surface area contributed by atoms with Gasteiger partial charge in [0.2, 0.25) is 0 Å². The lowest BCUT2D eigenvalue weighted by molar-refractivity contribution is 0.102. The molecule has 32 heavy (non-hydrogen) atoms. The fraction of sp³-hybridized carbons (Fsp3) is 0.360. The van der Waals surface area contributed by atoms with Crippen molar-refractivity contribution in [2.45, 2.75) is 26.2 Å². The molecule has 1 amide bonds. The van der Waals surface area contributed by atoms with E-state index in [-0.39, 0.29) is 11.7 Å². The summed E-state index contributed by atoms with van der Waals surface area (Å²) in [5, 5.41) is 7.18. The first-order chi connectivity index (χ1) is 15.5. The molecule has 0 unspecified atom stereocenters. The molecule has 1 aliphatic heterocycles. The molecule has 1 fully saturated rings. The molecule has 7 heteroatoms. The number of amides is 1. The Morgan fingerprint density at radius 3 is 2.66 bits per heavy atom. The van der Waals surface area contributed by atoms with Gasteiger partial charge in [0, 0.05) is 36.6 Å². The summed E-state index contributed by atoms with van der Waals surface area (Å²) in [5.41, 5.74) is 3.23. The Morgan fingerprint density at radius 2 is 1.94 bits per heavy atom. The zero-order valence-corrected chi connectivity index (χ0v) is 18.6. The molecule has 4 rings (SSSR count). The summed E-state index contributed by atoms with van der Waals surface area (Å²) in [6, 6.07) is 11.9. The first-order valence-corrected chi connectivity index (χ1v) is 11.1. The number of benzene rings is 2. The molecule has 0 radical (unpaired) electrons. The van der Waals surface area contributed by atoms with Gasteiger partial charge in [-0.05, 0) is 80.9 Å². The number of halogens is 1. The molecule has 1 aliphatic rings. The highest BCUT2D eigenvalue weighted by atomic mass is 19.1. The van der Waals surface area contributed by atoms with Crippen molar-refractivity contribution in [2.24, 2.45) is 7.05 Å². The Kier molecular flexibility index (Phi) is 6.85. The summed E-state index contributed by atoms with van der Waals surface area (Å²) in [6.07, 6.45) is 5.55. The Balaban J connectivity index is 1.52.